The molecule has 1 amide bonds. The first-order chi connectivity index (χ1) is 12.0. The third-order valence-corrected chi connectivity index (χ3v) is 4.29. The lowest BCUT2D eigenvalue weighted by atomic mass is 10.2. The summed E-state index contributed by atoms with van der Waals surface area (Å²) in [4.78, 5) is 29.9. The number of nitrogens with one attached hydrogen (secondary N) is 2. The number of carbonyl (C=O) groups excluding carboxylic acids is 1. The number of H-pyrrole nitrogens is 1. The van der Waals surface area contributed by atoms with Gasteiger partial charge in [0.25, 0.3) is 5.91 Å². The molecule has 7 heteroatoms. The molecule has 0 unspecified atom stereocenters. The fourth-order valence-corrected chi connectivity index (χ4v) is 3.08. The summed E-state index contributed by atoms with van der Waals surface area (Å²) in [5.41, 5.74) is 0.677. The monoisotopic (exact) mass is 399 g/mol. The number of amides is 1. The van der Waals surface area contributed by atoms with Crippen LogP contribution in [0.15, 0.2) is 29.1 Å². The molecule has 0 atom stereocenters. The second kappa shape index (κ2) is 11.2. The molecule has 1 aromatic carbocycles. The quantitative estimate of drug-likeness (QED) is 0.629. The lowest BCUT2D eigenvalue weighted by Gasteiger charge is -2.20. The van der Waals surface area contributed by atoms with Crippen LogP contribution in [0.4, 0.5) is 0 Å². The minimum absolute atomic E-state index is 0. The van der Waals surface area contributed by atoms with E-state index in [1.165, 1.54) is 6.07 Å². The Hall–Kier alpha value is -1.56. The van der Waals surface area contributed by atoms with Crippen LogP contribution in [0.3, 0.4) is 0 Å². The van der Waals surface area contributed by atoms with E-state index in [2.05, 4.69) is 29.0 Å². The highest BCUT2D eigenvalue weighted by Gasteiger charge is 2.10. The van der Waals surface area contributed by atoms with Gasteiger partial charge in [-0.05, 0) is 57.1 Å². The Bertz CT molecular complexity index is 771. The predicted octanol–water partition coefficient (Wildman–Crippen LogP) is 3.85. The Kier molecular flexibility index (Phi) is 9.70. The van der Waals surface area contributed by atoms with E-state index in [0.717, 1.165) is 38.9 Å². The number of aromatic amines is 1. The summed E-state index contributed by atoms with van der Waals surface area (Å²) < 4.78 is 0. The standard InChI is InChI=1S/C19H26ClN3O2.ClH/c1-3-9-23(10-4-2)11-5-8-21-19(25)17-13-18(24)15-12-14(20)6-7-16(15)22-17;/h6-7,12-13H,3-5,8-11H2,1-2H3,(H,21,25)(H,22,24);1H. The van der Waals surface area contributed by atoms with Gasteiger partial charge in [0.05, 0.1) is 0 Å². The maximum atomic E-state index is 12.3. The second-order valence-electron chi connectivity index (χ2n) is 6.19. The van der Waals surface area contributed by atoms with Crippen LogP contribution in [-0.4, -0.2) is 42.0 Å². The molecule has 5 nitrogen and oxygen atoms in total. The highest BCUT2D eigenvalue weighted by atomic mass is 35.5. The summed E-state index contributed by atoms with van der Waals surface area (Å²) in [5, 5.41) is 3.86. The average molecular weight is 400 g/mol. The van der Waals surface area contributed by atoms with Crippen molar-refractivity contribution in [2.45, 2.75) is 33.1 Å². The largest absolute Gasteiger partial charge is 0.351 e. The normalized spacial score (nSPS) is 10.8. The van der Waals surface area contributed by atoms with Crippen molar-refractivity contribution >= 4 is 40.8 Å². The number of carbonyl (C=O) groups is 1. The Morgan fingerprint density at radius 1 is 1.15 bits per heavy atom. The molecular formula is C19H27Cl2N3O2. The average Bonchev–Trinajstić information content (AvgIpc) is 2.59. The summed E-state index contributed by atoms with van der Waals surface area (Å²) in [6.45, 7) is 8.07. The van der Waals surface area contributed by atoms with Gasteiger partial charge in [0.15, 0.2) is 5.43 Å². The van der Waals surface area contributed by atoms with Gasteiger partial charge in [-0.1, -0.05) is 25.4 Å². The van der Waals surface area contributed by atoms with E-state index in [9.17, 15) is 9.59 Å². The Labute approximate surface area is 165 Å². The lowest BCUT2D eigenvalue weighted by molar-refractivity contribution is 0.0947. The number of nitrogens with zero attached hydrogens (tertiary/aromatic N) is 1. The van der Waals surface area contributed by atoms with Crippen LogP contribution in [0.2, 0.25) is 5.02 Å². The molecule has 0 spiro atoms. The van der Waals surface area contributed by atoms with Gasteiger partial charge >= 0.3 is 0 Å². The number of pyridine rings is 1. The molecule has 0 saturated heterocycles. The van der Waals surface area contributed by atoms with E-state index < -0.39 is 0 Å². The van der Waals surface area contributed by atoms with Gasteiger partial charge in [-0.25, -0.2) is 0 Å². The van der Waals surface area contributed by atoms with Gasteiger partial charge < -0.3 is 15.2 Å². The maximum absolute atomic E-state index is 12.3. The zero-order chi connectivity index (χ0) is 18.2. The first kappa shape index (κ1) is 22.5. The van der Waals surface area contributed by atoms with Crippen LogP contribution in [-0.2, 0) is 0 Å². The van der Waals surface area contributed by atoms with E-state index in [4.69, 9.17) is 11.6 Å². The Morgan fingerprint density at radius 2 is 1.85 bits per heavy atom. The Morgan fingerprint density at radius 3 is 2.50 bits per heavy atom. The van der Waals surface area contributed by atoms with Crippen molar-refractivity contribution in [3.8, 4) is 0 Å². The smallest absolute Gasteiger partial charge is 0.267 e. The summed E-state index contributed by atoms with van der Waals surface area (Å²) in [6, 6.07) is 6.34. The molecule has 2 rings (SSSR count). The van der Waals surface area contributed by atoms with Gasteiger partial charge in [-0.2, -0.15) is 0 Å². The zero-order valence-corrected chi connectivity index (χ0v) is 16.9. The molecule has 1 heterocycles. The highest BCUT2D eigenvalue weighted by molar-refractivity contribution is 6.31. The summed E-state index contributed by atoms with van der Waals surface area (Å²) in [5.74, 6) is -0.258. The van der Waals surface area contributed by atoms with E-state index in [1.807, 2.05) is 0 Å². The molecule has 2 N–H and O–H groups in total. The van der Waals surface area contributed by atoms with Crippen LogP contribution in [0, 0.1) is 0 Å². The molecular weight excluding hydrogens is 373 g/mol. The number of benzene rings is 1. The number of hydrogen-bond donors (Lipinski definition) is 2. The Balaban J connectivity index is 0.00000338. The molecule has 2 aromatic rings. The number of hydrogen-bond acceptors (Lipinski definition) is 3. The first-order valence-electron chi connectivity index (χ1n) is 8.88. The van der Waals surface area contributed by atoms with Gasteiger partial charge in [0, 0.05) is 28.5 Å². The number of halogens is 2. The third kappa shape index (κ3) is 6.31. The first-order valence-corrected chi connectivity index (χ1v) is 9.26. The molecule has 1 aromatic heterocycles. The maximum Gasteiger partial charge on any atom is 0.267 e. The van der Waals surface area contributed by atoms with Crippen molar-refractivity contribution in [2.75, 3.05) is 26.2 Å². The second-order valence-corrected chi connectivity index (χ2v) is 6.62. The lowest BCUT2D eigenvalue weighted by Crippen LogP contribution is -2.31. The zero-order valence-electron chi connectivity index (χ0n) is 15.3. The van der Waals surface area contributed by atoms with Gasteiger partial charge in [0.1, 0.15) is 5.69 Å². The number of aromatic nitrogens is 1. The van der Waals surface area contributed by atoms with Crippen molar-refractivity contribution in [3.63, 3.8) is 0 Å². The summed E-state index contributed by atoms with van der Waals surface area (Å²) in [7, 11) is 0. The van der Waals surface area contributed by atoms with Crippen molar-refractivity contribution in [3.05, 3.63) is 45.2 Å². The van der Waals surface area contributed by atoms with E-state index in [-0.39, 0.29) is 29.4 Å². The van der Waals surface area contributed by atoms with E-state index >= 15 is 0 Å². The van der Waals surface area contributed by atoms with Crippen LogP contribution >= 0.6 is 24.0 Å². The molecule has 0 saturated carbocycles. The third-order valence-electron chi connectivity index (χ3n) is 4.05. The van der Waals surface area contributed by atoms with Crippen LogP contribution < -0.4 is 10.7 Å². The highest BCUT2D eigenvalue weighted by Crippen LogP contribution is 2.15. The molecule has 0 bridgehead atoms. The van der Waals surface area contributed by atoms with Gasteiger partial charge in [0.2, 0.25) is 0 Å². The van der Waals surface area contributed by atoms with Crippen molar-refractivity contribution in [2.24, 2.45) is 0 Å². The minimum atomic E-state index is -0.258. The van der Waals surface area contributed by atoms with Crippen molar-refractivity contribution in [1.82, 2.24) is 15.2 Å². The molecule has 0 radical (unpaired) electrons. The fourth-order valence-electron chi connectivity index (χ4n) is 2.91. The number of fused-ring (bicyclic) bond motifs is 1. The SMILES string of the molecule is CCCN(CCC)CCCNC(=O)c1cc(=O)c2cc(Cl)ccc2[nH]1.Cl. The number of rotatable bonds is 9. The molecule has 0 fully saturated rings. The molecule has 0 aliphatic rings. The van der Waals surface area contributed by atoms with Crippen molar-refractivity contribution < 1.29 is 4.79 Å². The van der Waals surface area contributed by atoms with Crippen LogP contribution in [0.25, 0.3) is 10.9 Å². The topological polar surface area (TPSA) is 65.2 Å². The van der Waals surface area contributed by atoms with Crippen LogP contribution in [0.1, 0.15) is 43.6 Å². The van der Waals surface area contributed by atoms with E-state index in [0.29, 0.717) is 22.5 Å². The fraction of sp³-hybridized carbons (Fsp3) is 0.474. The van der Waals surface area contributed by atoms with Gasteiger partial charge in [-0.3, -0.25) is 9.59 Å². The molecule has 26 heavy (non-hydrogen) atoms. The minimum Gasteiger partial charge on any atom is -0.351 e. The molecule has 0 aliphatic carbocycles. The van der Waals surface area contributed by atoms with Crippen LogP contribution in [0.5, 0.6) is 0 Å². The van der Waals surface area contributed by atoms with E-state index in [1.54, 1.807) is 18.2 Å². The summed E-state index contributed by atoms with van der Waals surface area (Å²) >= 11 is 5.91. The summed E-state index contributed by atoms with van der Waals surface area (Å²) in [6.07, 6.45) is 3.16. The predicted molar refractivity (Wildman–Crippen MR) is 111 cm³/mol. The molecule has 144 valence electrons. The molecule has 0 aliphatic heterocycles. The van der Waals surface area contributed by atoms with Crippen molar-refractivity contribution in [1.29, 1.82) is 0 Å². The van der Waals surface area contributed by atoms with Gasteiger partial charge in [-0.15, -0.1) is 12.4 Å².